The van der Waals surface area contributed by atoms with E-state index in [-0.39, 0.29) is 0 Å². The van der Waals surface area contributed by atoms with Crippen LogP contribution in [0, 0.1) is 0 Å². The maximum Gasteiger partial charge on any atom is 0.232 e. The fourth-order valence-electron chi connectivity index (χ4n) is 1.20. The molecule has 0 fully saturated rings. The largest absolute Gasteiger partial charge is 0.409 e. The zero-order valence-corrected chi connectivity index (χ0v) is 9.63. The van der Waals surface area contributed by atoms with Gasteiger partial charge in [0.25, 0.3) is 0 Å². The second-order valence-electron chi connectivity index (χ2n) is 2.93. The Labute approximate surface area is 86.9 Å². The summed E-state index contributed by atoms with van der Waals surface area (Å²) in [5, 5.41) is 1.26. The van der Waals surface area contributed by atoms with Crippen molar-refractivity contribution in [3.05, 3.63) is 42.6 Å². The van der Waals surface area contributed by atoms with Crippen LogP contribution in [0.1, 0.15) is 0 Å². The Bertz CT molecular complexity index is 261. The zero-order valence-electron chi connectivity index (χ0n) is 8.48. The lowest BCUT2D eigenvalue weighted by atomic mass is 10.4. The molecule has 1 unspecified atom stereocenters. The van der Waals surface area contributed by atoms with E-state index in [1.165, 1.54) is 5.19 Å². The van der Waals surface area contributed by atoms with E-state index in [1.54, 1.807) is 7.11 Å². The van der Waals surface area contributed by atoms with Gasteiger partial charge in [0.15, 0.2) is 0 Å². The van der Waals surface area contributed by atoms with E-state index in [0.29, 0.717) is 13.2 Å². The predicted molar refractivity (Wildman–Crippen MR) is 61.3 cm³/mol. The highest BCUT2D eigenvalue weighted by molar-refractivity contribution is 6.72. The van der Waals surface area contributed by atoms with Gasteiger partial charge in [0.1, 0.15) is 0 Å². The van der Waals surface area contributed by atoms with Gasteiger partial charge in [-0.25, -0.2) is 0 Å². The van der Waals surface area contributed by atoms with Gasteiger partial charge in [-0.2, -0.15) is 0 Å². The van der Waals surface area contributed by atoms with Gasteiger partial charge in [-0.15, -0.1) is 6.58 Å². The average Bonchev–Trinajstić information content (AvgIpc) is 2.26. The first-order valence-corrected chi connectivity index (χ1v) is 6.38. The molecule has 1 aromatic rings. The van der Waals surface area contributed by atoms with Gasteiger partial charge in [0, 0.05) is 7.11 Å². The molecule has 0 N–H and O–H groups in total. The van der Waals surface area contributed by atoms with Gasteiger partial charge in [-0.05, 0) is 5.19 Å². The van der Waals surface area contributed by atoms with Crippen molar-refractivity contribution in [2.24, 2.45) is 0 Å². The maximum absolute atomic E-state index is 5.71. The molecule has 0 bridgehead atoms. The first-order chi connectivity index (χ1) is 6.88. The fourth-order valence-corrected chi connectivity index (χ4v) is 2.75. The smallest absolute Gasteiger partial charge is 0.232 e. The van der Waals surface area contributed by atoms with Gasteiger partial charge in [-0.3, -0.25) is 0 Å². The average molecular weight is 208 g/mol. The highest BCUT2D eigenvalue weighted by Crippen LogP contribution is 1.92. The van der Waals surface area contributed by atoms with Crippen molar-refractivity contribution in [1.82, 2.24) is 0 Å². The van der Waals surface area contributed by atoms with Crippen LogP contribution in [0.25, 0.3) is 0 Å². The van der Waals surface area contributed by atoms with E-state index in [9.17, 15) is 0 Å². The molecule has 0 spiro atoms. The molecular formula is C11H16O2Si. The lowest BCUT2D eigenvalue weighted by Gasteiger charge is -2.11. The Morgan fingerprint density at radius 2 is 2.00 bits per heavy atom. The summed E-state index contributed by atoms with van der Waals surface area (Å²) in [6, 6.07) is 10.2. The van der Waals surface area contributed by atoms with Crippen LogP contribution in [0.4, 0.5) is 0 Å². The van der Waals surface area contributed by atoms with E-state index < -0.39 is 9.04 Å². The van der Waals surface area contributed by atoms with E-state index >= 15 is 0 Å². The summed E-state index contributed by atoms with van der Waals surface area (Å²) >= 11 is 0. The molecule has 0 aliphatic rings. The second-order valence-corrected chi connectivity index (χ2v) is 5.24. The molecule has 0 aliphatic carbocycles. The van der Waals surface area contributed by atoms with E-state index in [4.69, 9.17) is 9.16 Å². The predicted octanol–water partition coefficient (Wildman–Crippen LogP) is 1.01. The van der Waals surface area contributed by atoms with Crippen LogP contribution in [0.15, 0.2) is 42.6 Å². The van der Waals surface area contributed by atoms with Gasteiger partial charge in [0.2, 0.25) is 9.04 Å². The molecule has 2 nitrogen and oxygen atoms in total. The molecule has 1 aromatic carbocycles. The van der Waals surface area contributed by atoms with Crippen molar-refractivity contribution < 1.29 is 9.16 Å². The Balaban J connectivity index is 2.50. The van der Waals surface area contributed by atoms with Crippen molar-refractivity contribution in [1.29, 1.82) is 0 Å². The maximum atomic E-state index is 5.71. The van der Waals surface area contributed by atoms with E-state index in [2.05, 4.69) is 18.7 Å². The van der Waals surface area contributed by atoms with E-state index in [1.807, 2.05) is 23.9 Å². The first-order valence-electron chi connectivity index (χ1n) is 4.66. The highest BCUT2D eigenvalue weighted by atomic mass is 28.3. The van der Waals surface area contributed by atoms with E-state index in [0.717, 1.165) is 0 Å². The van der Waals surface area contributed by atoms with Crippen LogP contribution >= 0.6 is 0 Å². The number of hydrogen-bond acceptors (Lipinski definition) is 2. The monoisotopic (exact) mass is 208 g/mol. The summed E-state index contributed by atoms with van der Waals surface area (Å²) in [6.07, 6.45) is 0. The summed E-state index contributed by atoms with van der Waals surface area (Å²) in [7, 11) is 0.258. The number of benzene rings is 1. The number of rotatable bonds is 6. The molecule has 0 saturated heterocycles. The lowest BCUT2D eigenvalue weighted by molar-refractivity contribution is 0.148. The standard InChI is InChI=1S/C11H16O2Si/c1-3-14(13-10-9-12-2)11-7-5-4-6-8-11/h3-8,14H,1,9-10H2,2H3. The number of methoxy groups -OCH3 is 1. The third kappa shape index (κ3) is 3.45. The van der Waals surface area contributed by atoms with Gasteiger partial charge in [-0.1, -0.05) is 36.0 Å². The molecule has 0 saturated carbocycles. The molecular weight excluding hydrogens is 192 g/mol. The normalized spacial score (nSPS) is 12.4. The Morgan fingerprint density at radius 1 is 1.29 bits per heavy atom. The Hall–Kier alpha value is -0.903. The van der Waals surface area contributed by atoms with Crippen molar-refractivity contribution in [3.8, 4) is 0 Å². The first kappa shape index (κ1) is 11.2. The van der Waals surface area contributed by atoms with Crippen LogP contribution in [-0.4, -0.2) is 29.4 Å². The SMILES string of the molecule is C=C[SiH](OCCOC)c1ccccc1. The Kier molecular flexibility index (Phi) is 5.22. The van der Waals surface area contributed by atoms with Crippen molar-refractivity contribution >= 4 is 14.2 Å². The van der Waals surface area contributed by atoms with Crippen LogP contribution in [0.2, 0.25) is 0 Å². The minimum absolute atomic E-state index is 0.643. The summed E-state index contributed by atoms with van der Waals surface area (Å²) in [5.41, 5.74) is 1.94. The summed E-state index contributed by atoms with van der Waals surface area (Å²) in [5.74, 6) is 0. The molecule has 0 radical (unpaired) electrons. The molecule has 1 rings (SSSR count). The van der Waals surface area contributed by atoms with Crippen molar-refractivity contribution in [3.63, 3.8) is 0 Å². The van der Waals surface area contributed by atoms with Crippen LogP contribution in [0.3, 0.4) is 0 Å². The topological polar surface area (TPSA) is 18.5 Å². The molecule has 0 aromatic heterocycles. The summed E-state index contributed by atoms with van der Waals surface area (Å²) in [6.45, 7) is 5.10. The van der Waals surface area contributed by atoms with Gasteiger partial charge < -0.3 is 9.16 Å². The molecule has 0 heterocycles. The molecule has 1 atom stereocenters. The molecule has 14 heavy (non-hydrogen) atoms. The molecule has 0 aliphatic heterocycles. The third-order valence-electron chi connectivity index (χ3n) is 1.93. The van der Waals surface area contributed by atoms with Crippen molar-refractivity contribution in [2.45, 2.75) is 0 Å². The third-order valence-corrected chi connectivity index (χ3v) is 3.99. The minimum Gasteiger partial charge on any atom is -0.409 e. The minimum atomic E-state index is -1.42. The summed E-state index contributed by atoms with van der Waals surface area (Å²) in [4.78, 5) is 0. The molecule has 0 amide bonds. The quantitative estimate of drug-likeness (QED) is 0.513. The van der Waals surface area contributed by atoms with Gasteiger partial charge in [0.05, 0.1) is 13.2 Å². The zero-order chi connectivity index (χ0) is 10.2. The van der Waals surface area contributed by atoms with Crippen LogP contribution in [0.5, 0.6) is 0 Å². The number of hydrogen-bond donors (Lipinski definition) is 0. The van der Waals surface area contributed by atoms with Crippen molar-refractivity contribution in [2.75, 3.05) is 20.3 Å². The number of ether oxygens (including phenoxy) is 1. The molecule has 3 heteroatoms. The van der Waals surface area contributed by atoms with Crippen LogP contribution < -0.4 is 5.19 Å². The van der Waals surface area contributed by atoms with Crippen LogP contribution in [-0.2, 0) is 9.16 Å². The Morgan fingerprint density at radius 3 is 2.57 bits per heavy atom. The highest BCUT2D eigenvalue weighted by Gasteiger charge is 2.08. The van der Waals surface area contributed by atoms with Gasteiger partial charge >= 0.3 is 0 Å². The fraction of sp³-hybridized carbons (Fsp3) is 0.273. The molecule has 76 valence electrons. The lowest BCUT2D eigenvalue weighted by Crippen LogP contribution is -2.32. The summed E-state index contributed by atoms with van der Waals surface area (Å²) < 4.78 is 10.6. The second kappa shape index (κ2) is 6.54.